The van der Waals surface area contributed by atoms with Crippen molar-refractivity contribution in [1.29, 1.82) is 0 Å². The van der Waals surface area contributed by atoms with Crippen LogP contribution < -0.4 is 5.32 Å². The molecule has 0 saturated carbocycles. The Morgan fingerprint density at radius 1 is 1.05 bits per heavy atom. The Kier molecular flexibility index (Phi) is 7.99. The van der Waals surface area contributed by atoms with Gasteiger partial charge in [-0.1, -0.05) is 13.8 Å². The van der Waals surface area contributed by atoms with E-state index in [4.69, 9.17) is 0 Å². The minimum Gasteiger partial charge on any atom is -0.508 e. The number of piperazine rings is 1. The molecule has 38 heavy (non-hydrogen) atoms. The van der Waals surface area contributed by atoms with Gasteiger partial charge in [-0.05, 0) is 48.9 Å². The summed E-state index contributed by atoms with van der Waals surface area (Å²) in [6, 6.07) is 8.66. The number of hydrogen-bond donors (Lipinski definition) is 3. The molecule has 1 aromatic heterocycles. The number of carbonyl (C=O) groups is 1. The topological polar surface area (TPSA) is 141 Å². The smallest absolute Gasteiger partial charge is 0.289 e. The molecule has 0 atom stereocenters. The summed E-state index contributed by atoms with van der Waals surface area (Å²) in [5, 5.41) is 31.4. The Balaban J connectivity index is 1.80. The molecule has 1 aliphatic heterocycles. The van der Waals surface area contributed by atoms with Gasteiger partial charge in [-0.15, -0.1) is 10.2 Å². The van der Waals surface area contributed by atoms with Gasteiger partial charge in [-0.25, -0.2) is 12.8 Å². The number of nitrogens with one attached hydrogen (secondary N) is 1. The van der Waals surface area contributed by atoms with Crippen LogP contribution in [-0.2, 0) is 10.0 Å². The first-order valence-electron chi connectivity index (χ1n) is 12.2. The molecule has 3 N–H and O–H groups in total. The highest BCUT2D eigenvalue weighted by molar-refractivity contribution is 7.89. The Bertz CT molecular complexity index is 1420. The van der Waals surface area contributed by atoms with Crippen molar-refractivity contribution in [2.45, 2.75) is 24.7 Å². The fraction of sp³-hybridized carbons (Fsp3) is 0.400. The van der Waals surface area contributed by atoms with Gasteiger partial charge in [0, 0.05) is 44.5 Å². The van der Waals surface area contributed by atoms with Crippen molar-refractivity contribution in [3.63, 3.8) is 0 Å². The van der Waals surface area contributed by atoms with Crippen LogP contribution in [0.1, 0.15) is 35.9 Å². The predicted octanol–water partition coefficient (Wildman–Crippen LogP) is 2.10. The number of sulfonamides is 1. The minimum atomic E-state index is -3.72. The van der Waals surface area contributed by atoms with Gasteiger partial charge in [-0.2, -0.15) is 4.31 Å². The van der Waals surface area contributed by atoms with Crippen molar-refractivity contribution in [3.05, 3.63) is 47.8 Å². The molecule has 11 nitrogen and oxygen atoms in total. The molecule has 4 rings (SSSR count). The second-order valence-electron chi connectivity index (χ2n) is 9.41. The van der Waals surface area contributed by atoms with E-state index in [1.165, 1.54) is 39.2 Å². The lowest BCUT2D eigenvalue weighted by atomic mass is 9.98. The molecular weight excluding hydrogens is 515 g/mol. The quantitative estimate of drug-likeness (QED) is 0.390. The van der Waals surface area contributed by atoms with Gasteiger partial charge >= 0.3 is 0 Å². The van der Waals surface area contributed by atoms with Crippen LogP contribution in [0.15, 0.2) is 41.3 Å². The van der Waals surface area contributed by atoms with Gasteiger partial charge in [0.1, 0.15) is 18.2 Å². The zero-order valence-electron chi connectivity index (χ0n) is 21.4. The number of benzene rings is 2. The predicted molar refractivity (Wildman–Crippen MR) is 139 cm³/mol. The summed E-state index contributed by atoms with van der Waals surface area (Å²) in [7, 11) is -1.78. The van der Waals surface area contributed by atoms with E-state index >= 15 is 0 Å². The number of nitrogens with zero attached hydrogens (tertiary/aromatic N) is 5. The number of aromatic hydroxyl groups is 2. The zero-order valence-corrected chi connectivity index (χ0v) is 22.2. The minimum absolute atomic E-state index is 0.0860. The first-order valence-corrected chi connectivity index (χ1v) is 13.6. The molecule has 1 aliphatic rings. The number of carbonyl (C=O) groups excluding carboxylic acids is 1. The highest BCUT2D eigenvalue weighted by Gasteiger charge is 2.28. The number of hydrogen-bond acceptors (Lipinski definition) is 8. The van der Waals surface area contributed by atoms with Gasteiger partial charge in [0.25, 0.3) is 5.91 Å². The third-order valence-corrected chi connectivity index (χ3v) is 8.36. The molecular formula is C25H31FN6O5S. The fourth-order valence-corrected chi connectivity index (χ4v) is 5.69. The number of halogens is 1. The van der Waals surface area contributed by atoms with Crippen LogP contribution >= 0.6 is 0 Å². The van der Waals surface area contributed by atoms with Crippen LogP contribution in [0.4, 0.5) is 4.39 Å². The van der Waals surface area contributed by atoms with Crippen LogP contribution in [0.25, 0.3) is 17.1 Å². The van der Waals surface area contributed by atoms with Crippen molar-refractivity contribution in [2.24, 2.45) is 0 Å². The normalized spacial score (nSPS) is 15.2. The van der Waals surface area contributed by atoms with E-state index in [0.717, 1.165) is 0 Å². The highest BCUT2D eigenvalue weighted by Crippen LogP contribution is 2.38. The van der Waals surface area contributed by atoms with Gasteiger partial charge < -0.3 is 20.4 Å². The van der Waals surface area contributed by atoms with Crippen molar-refractivity contribution < 1.29 is 27.8 Å². The fourth-order valence-electron chi connectivity index (χ4n) is 4.27. The zero-order chi connectivity index (χ0) is 27.6. The summed E-state index contributed by atoms with van der Waals surface area (Å²) < 4.78 is 41.9. The van der Waals surface area contributed by atoms with E-state index in [2.05, 4.69) is 20.4 Å². The molecule has 0 unspecified atom stereocenters. The lowest BCUT2D eigenvalue weighted by molar-refractivity contribution is 0.0938. The third kappa shape index (κ3) is 5.35. The molecule has 2 heterocycles. The Hall–Kier alpha value is -3.55. The van der Waals surface area contributed by atoms with Crippen molar-refractivity contribution in [3.8, 4) is 28.6 Å². The molecule has 1 amide bonds. The van der Waals surface area contributed by atoms with Crippen LogP contribution in [0.3, 0.4) is 0 Å². The standard InChI is InChI=1S/C25H31FN6O5S/c1-16(2)19-14-20(22(34)15-21(19)33)23-28-29-24(25(35)27-9-8-26)32(23)17-4-6-18(7-5-17)38(36,37)31-12-10-30(3)11-13-31/h4-7,14-16,33-34H,8-13H2,1-3H3,(H,27,35). The van der Waals surface area contributed by atoms with E-state index in [9.17, 15) is 27.8 Å². The monoisotopic (exact) mass is 546 g/mol. The number of aromatic nitrogens is 3. The molecule has 2 aromatic carbocycles. The maximum Gasteiger partial charge on any atom is 0.289 e. The van der Waals surface area contributed by atoms with E-state index in [1.54, 1.807) is 6.07 Å². The highest BCUT2D eigenvalue weighted by atomic mass is 32.2. The van der Waals surface area contributed by atoms with Gasteiger partial charge in [-0.3, -0.25) is 9.36 Å². The first kappa shape index (κ1) is 27.5. The summed E-state index contributed by atoms with van der Waals surface area (Å²) in [6.07, 6.45) is 0. The SMILES string of the molecule is CC(C)c1cc(-c2nnc(C(=O)NCCF)n2-c2ccc(S(=O)(=O)N3CCN(C)CC3)cc2)c(O)cc1O. The maximum atomic E-state index is 13.2. The molecule has 0 bridgehead atoms. The molecule has 204 valence electrons. The average Bonchev–Trinajstić information content (AvgIpc) is 3.32. The van der Waals surface area contributed by atoms with Crippen molar-refractivity contribution in [2.75, 3.05) is 46.4 Å². The molecule has 0 radical (unpaired) electrons. The molecule has 0 aliphatic carbocycles. The van der Waals surface area contributed by atoms with Crippen molar-refractivity contribution in [1.82, 2.24) is 29.3 Å². The summed E-state index contributed by atoms with van der Waals surface area (Å²) >= 11 is 0. The van der Waals surface area contributed by atoms with Crippen LogP contribution in [0.2, 0.25) is 0 Å². The van der Waals surface area contributed by atoms with Crippen LogP contribution in [-0.4, -0.2) is 95.0 Å². The van der Waals surface area contributed by atoms with Gasteiger partial charge in [0.05, 0.1) is 10.5 Å². The van der Waals surface area contributed by atoms with Crippen LogP contribution in [0.5, 0.6) is 11.5 Å². The van der Waals surface area contributed by atoms with E-state index in [0.29, 0.717) is 37.4 Å². The molecule has 13 heteroatoms. The average molecular weight is 547 g/mol. The second-order valence-corrected chi connectivity index (χ2v) is 11.3. The lowest BCUT2D eigenvalue weighted by Crippen LogP contribution is -2.46. The Labute approximate surface area is 220 Å². The lowest BCUT2D eigenvalue weighted by Gasteiger charge is -2.31. The third-order valence-electron chi connectivity index (χ3n) is 6.45. The number of amides is 1. The van der Waals surface area contributed by atoms with Crippen LogP contribution in [0, 0.1) is 0 Å². The second kappa shape index (κ2) is 11.1. The number of rotatable bonds is 8. The van der Waals surface area contributed by atoms with Gasteiger partial charge in [0.2, 0.25) is 15.8 Å². The largest absolute Gasteiger partial charge is 0.508 e. The first-order chi connectivity index (χ1) is 18.0. The Morgan fingerprint density at radius 2 is 1.71 bits per heavy atom. The van der Waals surface area contributed by atoms with E-state index in [1.807, 2.05) is 20.9 Å². The van der Waals surface area contributed by atoms with Crippen molar-refractivity contribution >= 4 is 15.9 Å². The number of alkyl halides is 1. The van der Waals surface area contributed by atoms with E-state index in [-0.39, 0.29) is 46.1 Å². The molecule has 0 spiro atoms. The number of phenolic OH excluding ortho intramolecular Hbond substituents is 2. The molecule has 3 aromatic rings. The molecule has 1 fully saturated rings. The van der Waals surface area contributed by atoms with Gasteiger partial charge in [0.15, 0.2) is 5.82 Å². The summed E-state index contributed by atoms with van der Waals surface area (Å²) in [5.74, 6) is -1.25. The summed E-state index contributed by atoms with van der Waals surface area (Å²) in [4.78, 5) is 15.0. The Morgan fingerprint density at radius 3 is 2.32 bits per heavy atom. The molecule has 1 saturated heterocycles. The van der Waals surface area contributed by atoms with E-state index < -0.39 is 22.6 Å². The summed E-state index contributed by atoms with van der Waals surface area (Å²) in [6.45, 7) is 4.76. The number of likely N-dealkylation sites (N-methyl/N-ethyl adjacent to an activating group) is 1. The maximum absolute atomic E-state index is 13.2. The number of phenols is 2. The summed E-state index contributed by atoms with van der Waals surface area (Å²) in [5.41, 5.74) is 1.10.